The van der Waals surface area contributed by atoms with Gasteiger partial charge in [-0.1, -0.05) is 13.8 Å². The number of halogens is 1. The number of carbonyl (C=O) groups is 1. The fourth-order valence-corrected chi connectivity index (χ4v) is 2.31. The highest BCUT2D eigenvalue weighted by Gasteiger charge is 2.19. The zero-order valence-corrected chi connectivity index (χ0v) is 13.8. The lowest BCUT2D eigenvalue weighted by atomic mass is 9.84. The summed E-state index contributed by atoms with van der Waals surface area (Å²) in [5, 5.41) is 13.5. The topological polar surface area (TPSA) is 98.3 Å². The van der Waals surface area contributed by atoms with E-state index in [2.05, 4.69) is 35.1 Å². The number of nitrogens with one attached hydrogen (secondary N) is 1. The quantitative estimate of drug-likeness (QED) is 0.576. The van der Waals surface area contributed by atoms with Crippen molar-refractivity contribution in [2.24, 2.45) is 11.1 Å². The van der Waals surface area contributed by atoms with Gasteiger partial charge >= 0.3 is 0 Å². The van der Waals surface area contributed by atoms with Gasteiger partial charge in [-0.05, 0) is 52.9 Å². The Balaban J connectivity index is 2.63. The molecule has 1 aromatic rings. The summed E-state index contributed by atoms with van der Waals surface area (Å²) in [6.07, 6.45) is 1.93. The zero-order valence-electron chi connectivity index (χ0n) is 12.2. The highest BCUT2D eigenvalue weighted by atomic mass is 79.9. The van der Waals surface area contributed by atoms with E-state index in [1.807, 2.05) is 0 Å². The van der Waals surface area contributed by atoms with Crippen molar-refractivity contribution in [2.75, 3.05) is 11.9 Å². The van der Waals surface area contributed by atoms with Crippen molar-refractivity contribution in [1.29, 1.82) is 0 Å². The van der Waals surface area contributed by atoms with Crippen molar-refractivity contribution in [3.05, 3.63) is 32.8 Å². The lowest BCUT2D eigenvalue weighted by molar-refractivity contribution is -0.385. The average Bonchev–Trinajstić information content (AvgIpc) is 2.38. The summed E-state index contributed by atoms with van der Waals surface area (Å²) in [6.45, 7) is 4.72. The SMILES string of the molecule is CC(C)(CCN)CCC(=O)Nc1ccc(Br)c([N+](=O)[O-])c1. The number of hydrogen-bond acceptors (Lipinski definition) is 4. The Morgan fingerprint density at radius 3 is 2.67 bits per heavy atom. The van der Waals surface area contributed by atoms with Crippen LogP contribution in [0.4, 0.5) is 11.4 Å². The number of nitro groups is 1. The van der Waals surface area contributed by atoms with Gasteiger partial charge in [-0.2, -0.15) is 0 Å². The van der Waals surface area contributed by atoms with E-state index in [9.17, 15) is 14.9 Å². The van der Waals surface area contributed by atoms with Gasteiger partial charge in [0.25, 0.3) is 5.69 Å². The smallest absolute Gasteiger partial charge is 0.285 e. The Morgan fingerprint density at radius 2 is 2.10 bits per heavy atom. The lowest BCUT2D eigenvalue weighted by Crippen LogP contribution is -2.20. The van der Waals surface area contributed by atoms with E-state index in [0.717, 1.165) is 6.42 Å². The Hall–Kier alpha value is -1.47. The molecule has 0 saturated carbocycles. The van der Waals surface area contributed by atoms with Crippen LogP contribution in [0, 0.1) is 15.5 Å². The van der Waals surface area contributed by atoms with Gasteiger partial charge < -0.3 is 11.1 Å². The predicted molar refractivity (Wildman–Crippen MR) is 86.1 cm³/mol. The fraction of sp³-hybridized carbons (Fsp3) is 0.500. The first-order valence-corrected chi connectivity index (χ1v) is 7.48. The molecular weight excluding hydrogens is 338 g/mol. The molecule has 116 valence electrons. The molecule has 1 rings (SSSR count). The van der Waals surface area contributed by atoms with E-state index in [-0.39, 0.29) is 17.0 Å². The highest BCUT2D eigenvalue weighted by molar-refractivity contribution is 9.10. The molecule has 0 heterocycles. The monoisotopic (exact) mass is 357 g/mol. The van der Waals surface area contributed by atoms with E-state index in [0.29, 0.717) is 29.5 Å². The van der Waals surface area contributed by atoms with Crippen molar-refractivity contribution in [2.45, 2.75) is 33.1 Å². The molecule has 0 spiro atoms. The third-order valence-corrected chi connectivity index (χ3v) is 3.95. The number of amides is 1. The van der Waals surface area contributed by atoms with Crippen molar-refractivity contribution in [3.8, 4) is 0 Å². The molecule has 0 aliphatic carbocycles. The van der Waals surface area contributed by atoms with Crippen molar-refractivity contribution >= 4 is 33.2 Å². The van der Waals surface area contributed by atoms with Crippen LogP contribution in [-0.4, -0.2) is 17.4 Å². The Bertz CT molecular complexity index is 532. The largest absolute Gasteiger partial charge is 0.330 e. The van der Waals surface area contributed by atoms with Crippen LogP contribution in [-0.2, 0) is 4.79 Å². The molecule has 0 radical (unpaired) electrons. The molecule has 21 heavy (non-hydrogen) atoms. The van der Waals surface area contributed by atoms with Crippen molar-refractivity contribution < 1.29 is 9.72 Å². The summed E-state index contributed by atoms with van der Waals surface area (Å²) in [5.74, 6) is -0.156. The zero-order chi connectivity index (χ0) is 16.0. The van der Waals surface area contributed by atoms with E-state index in [1.54, 1.807) is 12.1 Å². The van der Waals surface area contributed by atoms with Crippen LogP contribution in [0.25, 0.3) is 0 Å². The van der Waals surface area contributed by atoms with Gasteiger partial charge in [0.1, 0.15) is 0 Å². The van der Waals surface area contributed by atoms with Crippen molar-refractivity contribution in [1.82, 2.24) is 0 Å². The van der Waals surface area contributed by atoms with Crippen LogP contribution in [0.3, 0.4) is 0 Å². The summed E-state index contributed by atoms with van der Waals surface area (Å²) in [7, 11) is 0. The first-order chi connectivity index (χ1) is 9.75. The molecule has 0 atom stereocenters. The third-order valence-electron chi connectivity index (χ3n) is 3.28. The third kappa shape index (κ3) is 5.81. The number of anilines is 1. The molecule has 0 aromatic heterocycles. The van der Waals surface area contributed by atoms with Crippen LogP contribution >= 0.6 is 15.9 Å². The molecule has 3 N–H and O–H groups in total. The number of rotatable bonds is 7. The van der Waals surface area contributed by atoms with Gasteiger partial charge in [-0.25, -0.2) is 0 Å². The molecular formula is C14H20BrN3O3. The summed E-state index contributed by atoms with van der Waals surface area (Å²) < 4.78 is 0.384. The molecule has 1 amide bonds. The molecule has 0 saturated heterocycles. The van der Waals surface area contributed by atoms with Gasteiger partial charge in [0.2, 0.25) is 5.91 Å². The van der Waals surface area contributed by atoms with Crippen molar-refractivity contribution in [3.63, 3.8) is 0 Å². The van der Waals surface area contributed by atoms with Gasteiger partial charge in [-0.3, -0.25) is 14.9 Å². The Labute approximate surface area is 132 Å². The molecule has 6 nitrogen and oxygen atoms in total. The molecule has 0 bridgehead atoms. The predicted octanol–water partition coefficient (Wildman–Crippen LogP) is 3.45. The van der Waals surface area contributed by atoms with Crippen LogP contribution in [0.1, 0.15) is 33.1 Å². The molecule has 1 aromatic carbocycles. The Morgan fingerprint density at radius 1 is 1.43 bits per heavy atom. The fourth-order valence-electron chi connectivity index (χ4n) is 1.92. The first-order valence-electron chi connectivity index (χ1n) is 6.69. The van der Waals surface area contributed by atoms with E-state index >= 15 is 0 Å². The lowest BCUT2D eigenvalue weighted by Gasteiger charge is -2.23. The molecule has 0 fully saturated rings. The second-order valence-electron chi connectivity index (χ2n) is 5.67. The maximum atomic E-state index is 11.9. The van der Waals surface area contributed by atoms with Gasteiger partial charge in [-0.15, -0.1) is 0 Å². The second-order valence-corrected chi connectivity index (χ2v) is 6.53. The van der Waals surface area contributed by atoms with E-state index < -0.39 is 4.92 Å². The van der Waals surface area contributed by atoms with Crippen LogP contribution < -0.4 is 11.1 Å². The first kappa shape index (κ1) is 17.6. The number of nitrogens with zero attached hydrogens (tertiary/aromatic N) is 1. The maximum absolute atomic E-state index is 11.9. The van der Waals surface area contributed by atoms with Gasteiger partial charge in [0.05, 0.1) is 9.40 Å². The summed E-state index contributed by atoms with van der Waals surface area (Å²) in [5.41, 5.74) is 5.90. The Kier molecular flexibility index (Phi) is 6.29. The van der Waals surface area contributed by atoms with Crippen LogP contribution in [0.2, 0.25) is 0 Å². The second kappa shape index (κ2) is 7.51. The summed E-state index contributed by atoms with van der Waals surface area (Å²) in [6, 6.07) is 4.51. The number of nitrogens with two attached hydrogens (primary N) is 1. The van der Waals surface area contributed by atoms with E-state index in [4.69, 9.17) is 5.73 Å². The average molecular weight is 358 g/mol. The highest BCUT2D eigenvalue weighted by Crippen LogP contribution is 2.29. The summed E-state index contributed by atoms with van der Waals surface area (Å²) >= 11 is 3.11. The molecule has 0 aliphatic rings. The number of nitro benzene ring substituents is 1. The minimum absolute atomic E-state index is 0.0117. The standard InChI is InChI=1S/C14H20BrN3O3/c1-14(2,7-8-16)6-5-13(19)17-10-3-4-11(15)12(9-10)18(20)21/h3-4,9H,5-8,16H2,1-2H3,(H,17,19). The minimum Gasteiger partial charge on any atom is -0.330 e. The van der Waals surface area contributed by atoms with Gasteiger partial charge in [0.15, 0.2) is 0 Å². The van der Waals surface area contributed by atoms with Crippen LogP contribution in [0.5, 0.6) is 0 Å². The maximum Gasteiger partial charge on any atom is 0.285 e. The van der Waals surface area contributed by atoms with Gasteiger partial charge in [0, 0.05) is 18.2 Å². The number of benzene rings is 1. The number of hydrogen-bond donors (Lipinski definition) is 2. The summed E-state index contributed by atoms with van der Waals surface area (Å²) in [4.78, 5) is 22.2. The molecule has 0 unspecified atom stereocenters. The van der Waals surface area contributed by atoms with E-state index in [1.165, 1.54) is 6.07 Å². The minimum atomic E-state index is -0.496. The normalized spacial score (nSPS) is 11.2. The molecule has 0 aliphatic heterocycles. The molecule has 7 heteroatoms. The number of carbonyl (C=O) groups excluding carboxylic acids is 1. The van der Waals surface area contributed by atoms with Crippen LogP contribution in [0.15, 0.2) is 22.7 Å².